The Kier molecular flexibility index (Phi) is 20.7. The van der Waals surface area contributed by atoms with Crippen molar-refractivity contribution in [1.29, 1.82) is 0 Å². The molecule has 3 aliphatic rings. The van der Waals surface area contributed by atoms with Crippen LogP contribution >= 0.6 is 0 Å². The van der Waals surface area contributed by atoms with Crippen LogP contribution in [0.4, 0.5) is 27.2 Å². The van der Waals surface area contributed by atoms with Crippen LogP contribution in [0, 0.1) is 16.9 Å². The van der Waals surface area contributed by atoms with Gasteiger partial charge in [-0.1, -0.05) is 43.5 Å². The third-order valence-electron chi connectivity index (χ3n) is 9.69. The number of aliphatic hydroxyl groups is 2. The van der Waals surface area contributed by atoms with E-state index in [1.54, 1.807) is 53.7 Å². The van der Waals surface area contributed by atoms with E-state index in [1.165, 1.54) is 0 Å². The smallest absolute Gasteiger partial charge is 0.410 e. The number of likely N-dealkylation sites (tertiary alicyclic amines) is 2. The Labute approximate surface area is 361 Å². The maximum absolute atomic E-state index is 14.0. The first-order chi connectivity index (χ1) is 28.6. The molecule has 62 heavy (non-hydrogen) atoms. The highest BCUT2D eigenvalue weighted by atomic mass is 19.3. The number of nitrogens with zero attached hydrogens (tertiary/aromatic N) is 2. The standard InChI is InChI=1S/2C14H21F2NO4.C8H11NO.C8H10NO/c2*1-5-14(15,16)13(10(18)19)7-6-8-17(9-13)11(20)21-12(2,3)4;2*9-8(6-10)7-4-2-1-3-5-7/h2*5H,1,6-9H2,2-4H3,(H,18,19);1-5,8,10H,6,9H2;2-5,8,10H,6,9H2/q;;;+1/t;;2*8-/m..11/s1. The molecule has 2 heterocycles. The summed E-state index contributed by atoms with van der Waals surface area (Å²) in [6.45, 7) is 15.1. The van der Waals surface area contributed by atoms with Gasteiger partial charge in [-0.15, -0.1) is 0 Å². The third kappa shape index (κ3) is 15.6. The first-order valence-electron chi connectivity index (χ1n) is 19.8. The number of hydrogen-bond donors (Lipinski definition) is 6. The zero-order chi connectivity index (χ0) is 47.7. The molecule has 1 aliphatic carbocycles. The molecule has 2 aliphatic heterocycles. The fourth-order valence-corrected chi connectivity index (χ4v) is 6.20. The normalized spacial score (nSPS) is 21.0. The lowest BCUT2D eigenvalue weighted by atomic mass is 9.74. The van der Waals surface area contributed by atoms with E-state index in [4.69, 9.17) is 31.2 Å². The van der Waals surface area contributed by atoms with Gasteiger partial charge in [0.1, 0.15) is 23.4 Å². The van der Waals surface area contributed by atoms with Crippen molar-refractivity contribution < 1.29 is 66.6 Å². The van der Waals surface area contributed by atoms with Crippen molar-refractivity contribution in [3.8, 4) is 0 Å². The molecule has 0 radical (unpaired) electrons. The first kappa shape index (κ1) is 54.9. The third-order valence-corrected chi connectivity index (χ3v) is 9.69. The van der Waals surface area contributed by atoms with Gasteiger partial charge in [-0.3, -0.25) is 9.59 Å². The minimum Gasteiger partial charge on any atom is -0.481 e. The van der Waals surface area contributed by atoms with Crippen LogP contribution in [-0.4, -0.2) is 123 Å². The van der Waals surface area contributed by atoms with Gasteiger partial charge in [0.15, 0.2) is 10.8 Å². The summed E-state index contributed by atoms with van der Waals surface area (Å²) < 4.78 is 66.4. The van der Waals surface area contributed by atoms with Crippen molar-refractivity contribution in [3.63, 3.8) is 0 Å². The number of piperidine rings is 2. The van der Waals surface area contributed by atoms with E-state index in [2.05, 4.69) is 19.2 Å². The predicted octanol–water partition coefficient (Wildman–Crippen LogP) is 6.66. The molecular weight excluding hydrogens is 820 g/mol. The fourth-order valence-electron chi connectivity index (χ4n) is 6.20. The number of carbonyl (C=O) groups excluding carboxylic acids is 2. The number of hydrogen-bond acceptors (Lipinski definition) is 10. The monoisotopic (exact) mass is 883 g/mol. The molecule has 8 N–H and O–H groups in total. The van der Waals surface area contributed by atoms with E-state index in [9.17, 15) is 47.0 Å². The molecule has 1 aromatic carbocycles. The van der Waals surface area contributed by atoms with E-state index >= 15 is 0 Å². The van der Waals surface area contributed by atoms with Gasteiger partial charge in [0.2, 0.25) is 0 Å². The molecular formula is C44H63F4N4O10+. The van der Waals surface area contributed by atoms with E-state index in [0.717, 1.165) is 20.9 Å². The molecule has 4 atom stereocenters. The first-order valence-corrected chi connectivity index (χ1v) is 19.8. The average Bonchev–Trinajstić information content (AvgIpc) is 3.22. The topological polar surface area (TPSA) is 226 Å². The Morgan fingerprint density at radius 1 is 0.774 bits per heavy atom. The zero-order valence-corrected chi connectivity index (χ0v) is 36.3. The van der Waals surface area contributed by atoms with Crippen molar-refractivity contribution in [1.82, 2.24) is 9.80 Å². The molecule has 2 saturated heterocycles. The summed E-state index contributed by atoms with van der Waals surface area (Å²) in [4.78, 5) is 48.9. The average molecular weight is 884 g/mol. The molecule has 4 rings (SSSR count). The quantitative estimate of drug-likeness (QED) is 0.0824. The number of carboxylic acid groups (broad SMARTS) is 2. The number of carboxylic acids is 2. The molecule has 0 saturated carbocycles. The predicted molar refractivity (Wildman–Crippen MR) is 225 cm³/mol. The molecule has 1 aromatic rings. The SMILES string of the molecule is C=CC(F)(F)C1(C(=O)O)CCCN(C(=O)OC(C)(C)C)C1.C=CC(F)(F)C1(C(=O)O)CCCN(C(=O)OC(C)(C)C)C1.N[C@H](CO)C1=CC=[C+]C=C1.N[C@H](CO)c1ccccc1. The highest BCUT2D eigenvalue weighted by Crippen LogP contribution is 2.46. The lowest BCUT2D eigenvalue weighted by Gasteiger charge is -2.43. The number of amides is 2. The molecule has 18 heteroatoms. The van der Waals surface area contributed by atoms with Crippen LogP contribution in [0.2, 0.25) is 0 Å². The van der Waals surface area contributed by atoms with E-state index in [0.29, 0.717) is 12.2 Å². The van der Waals surface area contributed by atoms with Gasteiger partial charge in [0.25, 0.3) is 11.8 Å². The van der Waals surface area contributed by atoms with Gasteiger partial charge in [0.05, 0.1) is 43.0 Å². The van der Waals surface area contributed by atoms with Crippen molar-refractivity contribution in [3.05, 3.63) is 97.2 Å². The number of halogens is 4. The van der Waals surface area contributed by atoms with Crippen LogP contribution in [0.1, 0.15) is 78.8 Å². The second-order valence-corrected chi connectivity index (χ2v) is 16.8. The minimum atomic E-state index is -3.61. The Bertz CT molecular complexity index is 1680. The van der Waals surface area contributed by atoms with Crippen molar-refractivity contribution in [2.45, 2.75) is 102 Å². The number of benzene rings is 1. The Hall–Kier alpha value is -5.13. The van der Waals surface area contributed by atoms with Gasteiger partial charge >= 0.3 is 24.1 Å². The zero-order valence-electron chi connectivity index (χ0n) is 36.3. The maximum atomic E-state index is 14.0. The molecule has 346 valence electrons. The largest absolute Gasteiger partial charge is 0.481 e. The molecule has 0 spiro atoms. The molecule has 0 bridgehead atoms. The summed E-state index contributed by atoms with van der Waals surface area (Å²) in [6.07, 6.45) is 9.11. The number of nitrogens with two attached hydrogens (primary N) is 2. The number of alkyl halides is 4. The molecule has 0 aromatic heterocycles. The number of ether oxygens (including phenoxy) is 2. The second-order valence-electron chi connectivity index (χ2n) is 16.8. The van der Waals surface area contributed by atoms with Gasteiger partial charge < -0.3 is 51.2 Å². The summed E-state index contributed by atoms with van der Waals surface area (Å²) in [5.74, 6) is -10.5. The maximum Gasteiger partial charge on any atom is 0.410 e. The van der Waals surface area contributed by atoms with Crippen molar-refractivity contribution in [2.24, 2.45) is 22.3 Å². The second kappa shape index (κ2) is 23.4. The van der Waals surface area contributed by atoms with Gasteiger partial charge in [-0.05, 0) is 84.9 Å². The number of aliphatic hydroxyl groups excluding tert-OH is 2. The molecule has 14 nitrogen and oxygen atoms in total. The highest BCUT2D eigenvalue weighted by Gasteiger charge is 2.61. The van der Waals surface area contributed by atoms with Gasteiger partial charge in [-0.2, -0.15) is 0 Å². The van der Waals surface area contributed by atoms with E-state index < -0.39 is 71.1 Å². The highest BCUT2D eigenvalue weighted by molar-refractivity contribution is 5.79. The lowest BCUT2D eigenvalue weighted by molar-refractivity contribution is -0.179. The Morgan fingerprint density at radius 3 is 1.48 bits per heavy atom. The Balaban J connectivity index is 0.000000437. The molecule has 2 fully saturated rings. The summed E-state index contributed by atoms with van der Waals surface area (Å²) in [7, 11) is 0. The summed E-state index contributed by atoms with van der Waals surface area (Å²) in [5, 5.41) is 35.9. The van der Waals surface area contributed by atoms with Crippen molar-refractivity contribution >= 4 is 24.1 Å². The van der Waals surface area contributed by atoms with Crippen LogP contribution < -0.4 is 11.5 Å². The van der Waals surface area contributed by atoms with Crippen LogP contribution in [0.5, 0.6) is 0 Å². The summed E-state index contributed by atoms with van der Waals surface area (Å²) in [6, 6.07) is 9.06. The van der Waals surface area contributed by atoms with Crippen LogP contribution in [0.3, 0.4) is 0 Å². The number of carbonyl (C=O) groups is 4. The van der Waals surface area contributed by atoms with Crippen LogP contribution in [-0.2, 0) is 19.1 Å². The fraction of sp³-hybridized carbons (Fsp3) is 0.545. The number of rotatable bonds is 10. The molecule has 2 unspecified atom stereocenters. The molecule has 2 amide bonds. The minimum absolute atomic E-state index is 0.00398. The summed E-state index contributed by atoms with van der Waals surface area (Å²) in [5.41, 5.74) is 6.73. The van der Waals surface area contributed by atoms with Gasteiger partial charge in [0, 0.05) is 32.3 Å². The van der Waals surface area contributed by atoms with E-state index in [-0.39, 0.29) is 64.1 Å². The number of aliphatic carboxylic acids is 2. The lowest BCUT2D eigenvalue weighted by Crippen LogP contribution is -2.58. The van der Waals surface area contributed by atoms with Crippen LogP contribution in [0.15, 0.2) is 85.5 Å². The van der Waals surface area contributed by atoms with Crippen molar-refractivity contribution in [2.75, 3.05) is 39.4 Å². The summed E-state index contributed by atoms with van der Waals surface area (Å²) >= 11 is 0. The Morgan fingerprint density at radius 2 is 1.18 bits per heavy atom. The van der Waals surface area contributed by atoms with E-state index in [1.807, 2.05) is 42.5 Å². The van der Waals surface area contributed by atoms with Crippen LogP contribution in [0.25, 0.3) is 0 Å². The number of allylic oxidation sites excluding steroid dienone is 6. The van der Waals surface area contributed by atoms with Gasteiger partial charge in [-0.25, -0.2) is 27.2 Å².